The number of hydrogen-bond acceptors (Lipinski definition) is 6. The molecule has 2 heterocycles. The summed E-state index contributed by atoms with van der Waals surface area (Å²) in [5, 5.41) is 8.87. The number of sulfonamides is 1. The Morgan fingerprint density at radius 3 is 2.46 bits per heavy atom. The Kier molecular flexibility index (Phi) is 4.18. The highest BCUT2D eigenvalue weighted by Gasteiger charge is 2.15. The van der Waals surface area contributed by atoms with Crippen LogP contribution in [0.5, 0.6) is 0 Å². The van der Waals surface area contributed by atoms with Crippen molar-refractivity contribution in [1.29, 1.82) is 5.26 Å². The van der Waals surface area contributed by atoms with Gasteiger partial charge in [-0.1, -0.05) is 6.07 Å². The Morgan fingerprint density at radius 2 is 1.79 bits per heavy atom. The first-order valence-electron chi connectivity index (χ1n) is 6.83. The molecule has 3 aromatic rings. The van der Waals surface area contributed by atoms with Gasteiger partial charge in [0.15, 0.2) is 0 Å². The van der Waals surface area contributed by atoms with Crippen LogP contribution in [-0.4, -0.2) is 23.4 Å². The van der Waals surface area contributed by atoms with E-state index in [1.165, 1.54) is 36.8 Å². The molecule has 0 atom stereocenters. The van der Waals surface area contributed by atoms with Crippen LogP contribution in [0.25, 0.3) is 11.1 Å². The summed E-state index contributed by atoms with van der Waals surface area (Å²) in [6.07, 6.45) is 6.24. The molecule has 0 saturated carbocycles. The van der Waals surface area contributed by atoms with Crippen molar-refractivity contribution >= 4 is 15.8 Å². The van der Waals surface area contributed by atoms with Gasteiger partial charge in [-0.2, -0.15) is 5.26 Å². The first kappa shape index (κ1) is 15.6. The Morgan fingerprint density at radius 1 is 1.00 bits per heavy atom. The number of benzene rings is 1. The molecule has 7 nitrogen and oxygen atoms in total. The Labute approximate surface area is 138 Å². The van der Waals surface area contributed by atoms with Gasteiger partial charge in [0.25, 0.3) is 10.0 Å². The van der Waals surface area contributed by atoms with Crippen LogP contribution < -0.4 is 4.72 Å². The van der Waals surface area contributed by atoms with Crippen LogP contribution in [0.2, 0.25) is 0 Å². The van der Waals surface area contributed by atoms with Crippen molar-refractivity contribution in [3.63, 3.8) is 0 Å². The van der Waals surface area contributed by atoms with Crippen molar-refractivity contribution in [2.45, 2.75) is 4.90 Å². The van der Waals surface area contributed by atoms with Crippen molar-refractivity contribution in [2.75, 3.05) is 4.72 Å². The summed E-state index contributed by atoms with van der Waals surface area (Å²) in [7, 11) is -3.81. The summed E-state index contributed by atoms with van der Waals surface area (Å²) in [4.78, 5) is 11.9. The molecule has 0 radical (unpaired) electrons. The minimum Gasteiger partial charge on any atom is -0.263 e. The topological polar surface area (TPSA) is 109 Å². The van der Waals surface area contributed by atoms with Gasteiger partial charge < -0.3 is 0 Å². The highest BCUT2D eigenvalue weighted by Crippen LogP contribution is 2.19. The molecule has 0 unspecified atom stereocenters. The van der Waals surface area contributed by atoms with Gasteiger partial charge in [-0.15, -0.1) is 0 Å². The average molecular weight is 337 g/mol. The SMILES string of the molecule is N#Cc1cccc(S(=O)(=O)Nc2ccc(-c3cncnc3)cn2)c1. The van der Waals surface area contributed by atoms with E-state index in [1.54, 1.807) is 24.5 Å². The molecule has 118 valence electrons. The van der Waals surface area contributed by atoms with Crippen LogP contribution in [0.4, 0.5) is 5.82 Å². The number of nitrogens with zero attached hydrogens (tertiary/aromatic N) is 4. The van der Waals surface area contributed by atoms with E-state index in [1.807, 2.05) is 6.07 Å². The highest BCUT2D eigenvalue weighted by atomic mass is 32.2. The van der Waals surface area contributed by atoms with E-state index in [4.69, 9.17) is 5.26 Å². The number of rotatable bonds is 4. The van der Waals surface area contributed by atoms with Gasteiger partial charge in [-0.05, 0) is 30.3 Å². The molecule has 1 aromatic carbocycles. The summed E-state index contributed by atoms with van der Waals surface area (Å²) >= 11 is 0. The second-order valence-electron chi connectivity index (χ2n) is 4.80. The van der Waals surface area contributed by atoms with Crippen molar-refractivity contribution in [2.24, 2.45) is 0 Å². The molecule has 1 N–H and O–H groups in total. The normalized spacial score (nSPS) is 10.8. The third-order valence-electron chi connectivity index (χ3n) is 3.17. The van der Waals surface area contributed by atoms with Crippen LogP contribution in [0.1, 0.15) is 5.56 Å². The van der Waals surface area contributed by atoms with Crippen molar-refractivity contribution < 1.29 is 8.42 Å². The monoisotopic (exact) mass is 337 g/mol. The maximum absolute atomic E-state index is 12.3. The molecule has 0 spiro atoms. The molecule has 0 saturated heterocycles. The molecular weight excluding hydrogens is 326 g/mol. The van der Waals surface area contributed by atoms with E-state index in [2.05, 4.69) is 19.7 Å². The molecule has 3 rings (SSSR count). The van der Waals surface area contributed by atoms with Gasteiger partial charge in [0, 0.05) is 29.7 Å². The van der Waals surface area contributed by atoms with E-state index in [0.29, 0.717) is 0 Å². The number of hydrogen-bond donors (Lipinski definition) is 1. The second kappa shape index (κ2) is 6.44. The van der Waals surface area contributed by atoms with E-state index in [0.717, 1.165) is 11.1 Å². The zero-order valence-electron chi connectivity index (χ0n) is 12.3. The van der Waals surface area contributed by atoms with Gasteiger partial charge >= 0.3 is 0 Å². The molecule has 2 aromatic heterocycles. The molecular formula is C16H11N5O2S. The molecule has 0 fully saturated rings. The first-order chi connectivity index (χ1) is 11.6. The van der Waals surface area contributed by atoms with Gasteiger partial charge in [-0.3, -0.25) is 4.72 Å². The lowest BCUT2D eigenvalue weighted by atomic mass is 10.1. The predicted octanol–water partition coefficient (Wildman–Crippen LogP) is 2.21. The van der Waals surface area contributed by atoms with Gasteiger partial charge in [-0.25, -0.2) is 23.4 Å². The van der Waals surface area contributed by atoms with Gasteiger partial charge in [0.1, 0.15) is 12.1 Å². The lowest BCUT2D eigenvalue weighted by molar-refractivity contribution is 0.601. The maximum Gasteiger partial charge on any atom is 0.263 e. The molecule has 0 amide bonds. The van der Waals surface area contributed by atoms with Crippen LogP contribution >= 0.6 is 0 Å². The summed E-state index contributed by atoms with van der Waals surface area (Å²) in [5.41, 5.74) is 1.82. The second-order valence-corrected chi connectivity index (χ2v) is 6.49. The van der Waals surface area contributed by atoms with Crippen LogP contribution in [0.3, 0.4) is 0 Å². The van der Waals surface area contributed by atoms with E-state index in [9.17, 15) is 8.42 Å². The molecule has 0 aliphatic heterocycles. The van der Waals surface area contributed by atoms with Crippen molar-refractivity contribution in [1.82, 2.24) is 15.0 Å². The third kappa shape index (κ3) is 3.37. The summed E-state index contributed by atoms with van der Waals surface area (Å²) in [6.45, 7) is 0. The Bertz CT molecular complexity index is 997. The number of anilines is 1. The van der Waals surface area contributed by atoms with Crippen molar-refractivity contribution in [3.05, 3.63) is 66.9 Å². The molecule has 0 aliphatic carbocycles. The molecule has 24 heavy (non-hydrogen) atoms. The first-order valence-corrected chi connectivity index (χ1v) is 8.31. The fourth-order valence-electron chi connectivity index (χ4n) is 2.00. The van der Waals surface area contributed by atoms with E-state index in [-0.39, 0.29) is 16.3 Å². The zero-order valence-corrected chi connectivity index (χ0v) is 13.1. The quantitative estimate of drug-likeness (QED) is 0.782. The van der Waals surface area contributed by atoms with E-state index >= 15 is 0 Å². The largest absolute Gasteiger partial charge is 0.263 e. The van der Waals surface area contributed by atoms with Crippen LogP contribution in [0, 0.1) is 11.3 Å². The smallest absolute Gasteiger partial charge is 0.263 e. The summed E-state index contributed by atoms with van der Waals surface area (Å²) in [5.74, 6) is 0.179. The number of nitrogens with one attached hydrogen (secondary N) is 1. The van der Waals surface area contributed by atoms with E-state index < -0.39 is 10.0 Å². The summed E-state index contributed by atoms with van der Waals surface area (Å²) in [6, 6.07) is 10.9. The number of nitriles is 1. The molecule has 0 bridgehead atoms. The number of pyridine rings is 1. The van der Waals surface area contributed by atoms with Crippen molar-refractivity contribution in [3.8, 4) is 17.2 Å². The third-order valence-corrected chi connectivity index (χ3v) is 4.52. The van der Waals surface area contributed by atoms with Gasteiger partial charge in [0.05, 0.1) is 16.5 Å². The fraction of sp³-hybridized carbons (Fsp3) is 0. The fourth-order valence-corrected chi connectivity index (χ4v) is 3.06. The minimum atomic E-state index is -3.81. The summed E-state index contributed by atoms with van der Waals surface area (Å²) < 4.78 is 27.1. The lowest BCUT2D eigenvalue weighted by Crippen LogP contribution is -2.14. The van der Waals surface area contributed by atoms with Crippen LogP contribution in [0.15, 0.2) is 66.2 Å². The molecule has 0 aliphatic rings. The Balaban J connectivity index is 1.84. The predicted molar refractivity (Wildman–Crippen MR) is 87.2 cm³/mol. The zero-order chi connectivity index (χ0) is 17.0. The average Bonchev–Trinajstić information content (AvgIpc) is 2.63. The maximum atomic E-state index is 12.3. The van der Waals surface area contributed by atoms with Crippen LogP contribution in [-0.2, 0) is 10.0 Å². The lowest BCUT2D eigenvalue weighted by Gasteiger charge is -2.08. The molecule has 8 heteroatoms. The highest BCUT2D eigenvalue weighted by molar-refractivity contribution is 7.92. The van der Waals surface area contributed by atoms with Gasteiger partial charge in [0.2, 0.25) is 0 Å². The Hall–Kier alpha value is -3.31. The standard InChI is InChI=1S/C16H11N5O2S/c17-7-12-2-1-3-15(6-12)24(22,23)21-16-5-4-13(10-20-16)14-8-18-11-19-9-14/h1-6,8-11H,(H,20,21). The number of aromatic nitrogens is 3. The minimum absolute atomic E-state index is 0.00360.